The Morgan fingerprint density at radius 3 is 2.63 bits per heavy atom. The number of carbonyl (C=O) groups is 3. The monoisotopic (exact) mass is 269 g/mol. The van der Waals surface area contributed by atoms with Gasteiger partial charge in [-0.1, -0.05) is 0 Å². The molecule has 0 radical (unpaired) electrons. The third-order valence-electron chi connectivity index (χ3n) is 3.91. The second kappa shape index (κ2) is 6.14. The molecule has 0 spiro atoms. The van der Waals surface area contributed by atoms with Crippen LogP contribution < -0.4 is 0 Å². The predicted octanol–water partition coefficient (Wildman–Crippen LogP) is 0.941. The molecule has 2 rings (SSSR count). The normalized spacial score (nSPS) is 25.4. The molecule has 2 fully saturated rings. The van der Waals surface area contributed by atoms with E-state index in [4.69, 9.17) is 9.84 Å². The van der Waals surface area contributed by atoms with Crippen LogP contribution in [-0.2, 0) is 14.3 Å². The molecule has 1 unspecified atom stereocenters. The molecule has 6 nitrogen and oxygen atoms in total. The van der Waals surface area contributed by atoms with Crippen molar-refractivity contribution in [2.45, 2.75) is 25.7 Å². The van der Waals surface area contributed by atoms with Gasteiger partial charge in [-0.3, -0.25) is 9.59 Å². The summed E-state index contributed by atoms with van der Waals surface area (Å²) in [5.74, 6) is -0.709. The maximum absolute atomic E-state index is 12.2. The van der Waals surface area contributed by atoms with E-state index < -0.39 is 12.0 Å². The van der Waals surface area contributed by atoms with Crippen LogP contribution in [0.3, 0.4) is 0 Å². The number of carbonyl (C=O) groups excluding carboxylic acids is 2. The molecule has 6 heteroatoms. The first-order valence-electron chi connectivity index (χ1n) is 6.69. The molecule has 1 N–H and O–H groups in total. The van der Waals surface area contributed by atoms with E-state index in [9.17, 15) is 14.4 Å². The van der Waals surface area contributed by atoms with Gasteiger partial charge in [0, 0.05) is 39.1 Å². The smallest absolute Gasteiger partial charge is 0.407 e. The van der Waals surface area contributed by atoms with Crippen LogP contribution in [0.15, 0.2) is 0 Å². The second-order valence-corrected chi connectivity index (χ2v) is 5.22. The van der Waals surface area contributed by atoms with Crippen LogP contribution in [0.4, 0.5) is 4.79 Å². The predicted molar refractivity (Wildman–Crippen MR) is 65.9 cm³/mol. The number of carboxylic acid groups (broad SMARTS) is 1. The third kappa shape index (κ3) is 3.53. The van der Waals surface area contributed by atoms with Gasteiger partial charge in [0.25, 0.3) is 0 Å². The lowest BCUT2D eigenvalue weighted by atomic mass is 9.85. The Morgan fingerprint density at radius 1 is 1.32 bits per heavy atom. The summed E-state index contributed by atoms with van der Waals surface area (Å²) in [7, 11) is 0. The van der Waals surface area contributed by atoms with E-state index in [-0.39, 0.29) is 37.0 Å². The number of piperidine rings is 1. The van der Waals surface area contributed by atoms with Crippen molar-refractivity contribution < 1.29 is 24.2 Å². The number of ketones is 2. The molecule has 0 aliphatic carbocycles. The molecule has 0 bridgehead atoms. The van der Waals surface area contributed by atoms with Gasteiger partial charge in [0.15, 0.2) is 0 Å². The number of rotatable bonds is 3. The molecule has 1 atom stereocenters. The number of hydrogen-bond donors (Lipinski definition) is 1. The van der Waals surface area contributed by atoms with E-state index >= 15 is 0 Å². The summed E-state index contributed by atoms with van der Waals surface area (Å²) in [4.78, 5) is 36.0. The quantitative estimate of drug-likeness (QED) is 0.771. The Bertz CT molecular complexity index is 375. The summed E-state index contributed by atoms with van der Waals surface area (Å²) in [5.41, 5.74) is 0. The zero-order valence-corrected chi connectivity index (χ0v) is 10.8. The molecule has 2 saturated heterocycles. The molecule has 2 heterocycles. The van der Waals surface area contributed by atoms with Gasteiger partial charge >= 0.3 is 6.09 Å². The number of nitrogens with zero attached hydrogens (tertiary/aromatic N) is 1. The minimum atomic E-state index is -1.06. The van der Waals surface area contributed by atoms with Gasteiger partial charge in [-0.2, -0.15) is 0 Å². The highest BCUT2D eigenvalue weighted by atomic mass is 16.5. The Labute approximate surface area is 111 Å². The molecule has 2 aliphatic heterocycles. The molecule has 0 aromatic carbocycles. The van der Waals surface area contributed by atoms with Crippen molar-refractivity contribution in [2.75, 3.05) is 26.3 Å². The highest BCUT2D eigenvalue weighted by Crippen LogP contribution is 2.23. The molecule has 19 heavy (non-hydrogen) atoms. The van der Waals surface area contributed by atoms with Crippen molar-refractivity contribution >= 4 is 17.7 Å². The van der Waals surface area contributed by atoms with E-state index in [1.807, 2.05) is 0 Å². The average Bonchev–Trinajstić information content (AvgIpc) is 2.40. The van der Waals surface area contributed by atoms with Crippen LogP contribution in [-0.4, -0.2) is 54.0 Å². The maximum atomic E-state index is 12.2. The summed E-state index contributed by atoms with van der Waals surface area (Å²) >= 11 is 0. The Morgan fingerprint density at radius 2 is 2.00 bits per heavy atom. The fourth-order valence-electron chi connectivity index (χ4n) is 2.67. The van der Waals surface area contributed by atoms with Crippen LogP contribution in [0.25, 0.3) is 0 Å². The van der Waals surface area contributed by atoms with Gasteiger partial charge in [-0.05, 0) is 18.8 Å². The summed E-state index contributed by atoms with van der Waals surface area (Å²) < 4.78 is 5.23. The topological polar surface area (TPSA) is 83.9 Å². The van der Waals surface area contributed by atoms with Crippen LogP contribution in [0.1, 0.15) is 25.7 Å². The van der Waals surface area contributed by atoms with Crippen molar-refractivity contribution in [1.82, 2.24) is 4.90 Å². The van der Waals surface area contributed by atoms with E-state index in [1.54, 1.807) is 0 Å². The average molecular weight is 269 g/mol. The minimum absolute atomic E-state index is 0.0240. The largest absolute Gasteiger partial charge is 0.465 e. The minimum Gasteiger partial charge on any atom is -0.465 e. The molecule has 0 saturated carbocycles. The van der Waals surface area contributed by atoms with Crippen molar-refractivity contribution in [3.8, 4) is 0 Å². The SMILES string of the molecule is O=C1CCN(C(=O)O)CC1C(=O)CC1CCOCC1. The summed E-state index contributed by atoms with van der Waals surface area (Å²) in [6, 6.07) is 0. The zero-order chi connectivity index (χ0) is 13.8. The van der Waals surface area contributed by atoms with Crippen molar-refractivity contribution in [2.24, 2.45) is 11.8 Å². The van der Waals surface area contributed by atoms with Gasteiger partial charge in [-0.15, -0.1) is 0 Å². The molecular weight excluding hydrogens is 250 g/mol. The highest BCUT2D eigenvalue weighted by Gasteiger charge is 2.35. The van der Waals surface area contributed by atoms with E-state index in [0.29, 0.717) is 19.6 Å². The van der Waals surface area contributed by atoms with Crippen molar-refractivity contribution in [3.63, 3.8) is 0 Å². The lowest BCUT2D eigenvalue weighted by Gasteiger charge is -2.30. The van der Waals surface area contributed by atoms with Gasteiger partial charge in [-0.25, -0.2) is 4.79 Å². The lowest BCUT2D eigenvalue weighted by Crippen LogP contribution is -2.46. The van der Waals surface area contributed by atoms with Gasteiger partial charge in [0.1, 0.15) is 11.6 Å². The second-order valence-electron chi connectivity index (χ2n) is 5.22. The fraction of sp³-hybridized carbons (Fsp3) is 0.769. The van der Waals surface area contributed by atoms with Crippen LogP contribution >= 0.6 is 0 Å². The number of Topliss-reactive ketones (excluding diaryl/α,β-unsaturated/α-hetero) is 2. The molecule has 0 aromatic heterocycles. The van der Waals surface area contributed by atoms with Crippen molar-refractivity contribution in [3.05, 3.63) is 0 Å². The lowest BCUT2D eigenvalue weighted by molar-refractivity contribution is -0.136. The third-order valence-corrected chi connectivity index (χ3v) is 3.91. The fourth-order valence-corrected chi connectivity index (χ4v) is 2.67. The number of hydrogen-bond acceptors (Lipinski definition) is 4. The summed E-state index contributed by atoms with van der Waals surface area (Å²) in [5, 5.41) is 8.93. The molecule has 2 aliphatic rings. The van der Waals surface area contributed by atoms with Crippen molar-refractivity contribution in [1.29, 1.82) is 0 Å². The Hall–Kier alpha value is -1.43. The first-order valence-corrected chi connectivity index (χ1v) is 6.69. The molecule has 1 amide bonds. The summed E-state index contributed by atoms with van der Waals surface area (Å²) in [6.45, 7) is 1.56. The van der Waals surface area contributed by atoms with Gasteiger partial charge < -0.3 is 14.7 Å². The Kier molecular flexibility index (Phi) is 4.52. The highest BCUT2D eigenvalue weighted by molar-refractivity contribution is 6.03. The standard InChI is InChI=1S/C13H19NO5/c15-11-1-4-14(13(17)18)8-10(11)12(16)7-9-2-5-19-6-3-9/h9-10H,1-8H2,(H,17,18). The van der Waals surface area contributed by atoms with E-state index in [1.165, 1.54) is 0 Å². The first kappa shape index (κ1) is 14.0. The zero-order valence-electron chi connectivity index (χ0n) is 10.8. The van der Waals surface area contributed by atoms with E-state index in [0.717, 1.165) is 17.7 Å². The number of amides is 1. The molecular formula is C13H19NO5. The summed E-state index contributed by atoms with van der Waals surface area (Å²) in [6.07, 6.45) is 1.14. The van der Waals surface area contributed by atoms with Crippen LogP contribution in [0.5, 0.6) is 0 Å². The molecule has 0 aromatic rings. The maximum Gasteiger partial charge on any atom is 0.407 e. The molecule has 106 valence electrons. The van der Waals surface area contributed by atoms with Gasteiger partial charge in [0.05, 0.1) is 5.92 Å². The number of likely N-dealkylation sites (tertiary alicyclic amines) is 1. The first-order chi connectivity index (χ1) is 9.08. The van der Waals surface area contributed by atoms with E-state index in [2.05, 4.69) is 0 Å². The number of ether oxygens (including phenoxy) is 1. The Balaban J connectivity index is 1.92. The van der Waals surface area contributed by atoms with Gasteiger partial charge in [0.2, 0.25) is 0 Å². The van der Waals surface area contributed by atoms with Crippen LogP contribution in [0.2, 0.25) is 0 Å². The van der Waals surface area contributed by atoms with Crippen LogP contribution in [0, 0.1) is 11.8 Å².